The molecule has 0 radical (unpaired) electrons. The van der Waals surface area contributed by atoms with Gasteiger partial charge in [0.05, 0.1) is 26.1 Å². The smallest absolute Gasteiger partial charge is 0.307 e. The van der Waals surface area contributed by atoms with Crippen LogP contribution in [0.2, 0.25) is 0 Å². The van der Waals surface area contributed by atoms with Crippen molar-refractivity contribution in [1.29, 1.82) is 0 Å². The Morgan fingerprint density at radius 1 is 0.964 bits per heavy atom. The van der Waals surface area contributed by atoms with E-state index in [-0.39, 0.29) is 38.0 Å². The monoisotopic (exact) mass is 377 g/mol. The van der Waals surface area contributed by atoms with Gasteiger partial charge in [-0.25, -0.2) is 0 Å². The van der Waals surface area contributed by atoms with Crippen LogP contribution < -0.4 is 5.73 Å². The molecule has 2 aromatic carbocycles. The van der Waals surface area contributed by atoms with Crippen LogP contribution in [0.15, 0.2) is 36.4 Å². The van der Waals surface area contributed by atoms with Crippen LogP contribution in [0.4, 0.5) is 5.69 Å². The molecule has 0 saturated carbocycles. The fraction of sp³-hybridized carbons (Fsp3) is 0.304. The van der Waals surface area contributed by atoms with Gasteiger partial charge in [0, 0.05) is 16.7 Å². The molecular weight excluding hydrogens is 354 g/mol. The van der Waals surface area contributed by atoms with Gasteiger partial charge in [0.25, 0.3) is 0 Å². The van der Waals surface area contributed by atoms with E-state index in [1.165, 1.54) is 0 Å². The van der Waals surface area contributed by atoms with Gasteiger partial charge in [-0.1, -0.05) is 18.1 Å². The Kier molecular flexibility index (Phi) is 5.41. The number of terminal acetylenes is 1. The van der Waals surface area contributed by atoms with E-state index in [0.717, 1.165) is 22.3 Å². The van der Waals surface area contributed by atoms with Crippen molar-refractivity contribution in [2.45, 2.75) is 32.1 Å². The largest absolute Gasteiger partial charge is 0.466 e. The summed E-state index contributed by atoms with van der Waals surface area (Å²) >= 11 is 0. The molecule has 0 unspecified atom stereocenters. The molecule has 0 bridgehead atoms. The molecular formula is C23H23NO4. The Morgan fingerprint density at radius 2 is 1.50 bits per heavy atom. The van der Waals surface area contributed by atoms with Gasteiger partial charge >= 0.3 is 11.9 Å². The van der Waals surface area contributed by atoms with E-state index in [2.05, 4.69) is 5.92 Å². The maximum absolute atomic E-state index is 12.6. The molecule has 144 valence electrons. The van der Waals surface area contributed by atoms with Gasteiger partial charge in [0.1, 0.15) is 0 Å². The zero-order chi connectivity index (χ0) is 20.3. The highest BCUT2D eigenvalue weighted by Gasteiger charge is 2.47. The summed E-state index contributed by atoms with van der Waals surface area (Å²) in [5.74, 6) is 1.85. The van der Waals surface area contributed by atoms with Gasteiger partial charge in [-0.15, -0.1) is 6.42 Å². The van der Waals surface area contributed by atoms with Gasteiger partial charge in [-0.05, 0) is 60.4 Å². The second-order valence-electron chi connectivity index (χ2n) is 6.76. The van der Waals surface area contributed by atoms with Crippen LogP contribution in [0.25, 0.3) is 11.1 Å². The van der Waals surface area contributed by atoms with Crippen molar-refractivity contribution >= 4 is 17.6 Å². The highest BCUT2D eigenvalue weighted by atomic mass is 16.5. The zero-order valence-electron chi connectivity index (χ0n) is 16.1. The van der Waals surface area contributed by atoms with Crippen LogP contribution in [0, 0.1) is 12.3 Å². The number of hydrogen-bond acceptors (Lipinski definition) is 5. The van der Waals surface area contributed by atoms with Crippen LogP contribution in [-0.2, 0) is 24.5 Å². The second kappa shape index (κ2) is 7.77. The normalized spacial score (nSPS) is 13.2. The van der Waals surface area contributed by atoms with Gasteiger partial charge in [-0.3, -0.25) is 9.59 Å². The number of esters is 2. The van der Waals surface area contributed by atoms with E-state index in [0.29, 0.717) is 11.3 Å². The molecule has 0 amide bonds. The Balaban J connectivity index is 2.26. The minimum Gasteiger partial charge on any atom is -0.466 e. The van der Waals surface area contributed by atoms with Crippen molar-refractivity contribution in [2.75, 3.05) is 18.9 Å². The summed E-state index contributed by atoms with van der Waals surface area (Å²) in [5, 5.41) is 0. The maximum Gasteiger partial charge on any atom is 0.307 e. The quantitative estimate of drug-likeness (QED) is 0.474. The number of carbonyl (C=O) groups excluding carboxylic acids is 2. The first kappa shape index (κ1) is 19.5. The van der Waals surface area contributed by atoms with Gasteiger partial charge in [-0.2, -0.15) is 0 Å². The van der Waals surface area contributed by atoms with Crippen molar-refractivity contribution < 1.29 is 19.1 Å². The van der Waals surface area contributed by atoms with E-state index in [9.17, 15) is 9.59 Å². The molecule has 2 aromatic rings. The fourth-order valence-corrected chi connectivity index (χ4v) is 3.96. The predicted octanol–water partition coefficient (Wildman–Crippen LogP) is 3.42. The van der Waals surface area contributed by atoms with Crippen LogP contribution in [0.1, 0.15) is 43.4 Å². The number of anilines is 1. The predicted molar refractivity (Wildman–Crippen MR) is 108 cm³/mol. The number of carbonyl (C=O) groups is 2. The number of fused-ring (bicyclic) bond motifs is 3. The van der Waals surface area contributed by atoms with Gasteiger partial charge in [0.15, 0.2) is 0 Å². The average Bonchev–Trinajstić information content (AvgIpc) is 2.91. The lowest BCUT2D eigenvalue weighted by molar-refractivity contribution is -0.147. The molecule has 3 rings (SSSR count). The summed E-state index contributed by atoms with van der Waals surface area (Å²) in [6.07, 6.45) is 5.60. The van der Waals surface area contributed by atoms with Crippen LogP contribution in [-0.4, -0.2) is 25.2 Å². The Bertz CT molecular complexity index is 951. The molecule has 0 heterocycles. The topological polar surface area (TPSA) is 78.6 Å². The Morgan fingerprint density at radius 3 is 2.04 bits per heavy atom. The van der Waals surface area contributed by atoms with Crippen LogP contribution in [0.5, 0.6) is 0 Å². The summed E-state index contributed by atoms with van der Waals surface area (Å²) in [4.78, 5) is 25.1. The number of nitrogens with two attached hydrogens (primary N) is 1. The van der Waals surface area contributed by atoms with Crippen molar-refractivity contribution in [2.24, 2.45) is 0 Å². The molecule has 5 nitrogen and oxygen atoms in total. The molecule has 2 N–H and O–H groups in total. The Labute approximate surface area is 164 Å². The summed E-state index contributed by atoms with van der Waals surface area (Å²) in [5.41, 5.74) is 9.86. The molecule has 28 heavy (non-hydrogen) atoms. The van der Waals surface area contributed by atoms with Crippen molar-refractivity contribution in [3.8, 4) is 23.5 Å². The molecule has 1 aliphatic carbocycles. The third-order valence-corrected chi connectivity index (χ3v) is 5.05. The number of nitrogen functional groups attached to an aromatic ring is 1. The lowest BCUT2D eigenvalue weighted by atomic mass is 9.72. The summed E-state index contributed by atoms with van der Waals surface area (Å²) < 4.78 is 10.4. The summed E-state index contributed by atoms with van der Waals surface area (Å²) in [7, 11) is 0. The van der Waals surface area contributed by atoms with E-state index in [1.54, 1.807) is 13.8 Å². The minimum atomic E-state index is -0.939. The first-order chi connectivity index (χ1) is 13.4. The molecule has 0 spiro atoms. The maximum atomic E-state index is 12.6. The van der Waals surface area contributed by atoms with Crippen molar-refractivity contribution in [3.63, 3.8) is 0 Å². The SMILES string of the molecule is C#Cc1ccc2c(c1)C(CC(=O)OCC)(CC(=O)OCC)c1cc(N)ccc1-2. The molecule has 1 aliphatic rings. The summed E-state index contributed by atoms with van der Waals surface area (Å²) in [6, 6.07) is 11.2. The number of hydrogen-bond donors (Lipinski definition) is 1. The van der Waals surface area contributed by atoms with E-state index in [1.807, 2.05) is 36.4 Å². The van der Waals surface area contributed by atoms with Crippen LogP contribution >= 0.6 is 0 Å². The van der Waals surface area contributed by atoms with E-state index < -0.39 is 5.41 Å². The zero-order valence-corrected chi connectivity index (χ0v) is 16.1. The molecule has 0 fully saturated rings. The Hall–Kier alpha value is -3.26. The van der Waals surface area contributed by atoms with E-state index in [4.69, 9.17) is 21.6 Å². The lowest BCUT2D eigenvalue weighted by Gasteiger charge is -2.30. The number of benzene rings is 2. The van der Waals surface area contributed by atoms with Crippen molar-refractivity contribution in [1.82, 2.24) is 0 Å². The van der Waals surface area contributed by atoms with Crippen molar-refractivity contribution in [3.05, 3.63) is 53.1 Å². The van der Waals surface area contributed by atoms with Gasteiger partial charge in [0.2, 0.25) is 0 Å². The molecule has 5 heteroatoms. The van der Waals surface area contributed by atoms with E-state index >= 15 is 0 Å². The third kappa shape index (κ3) is 3.34. The highest BCUT2D eigenvalue weighted by Crippen LogP contribution is 2.53. The standard InChI is InChI=1S/C23H23NO4/c1-4-15-7-9-17-18-10-8-16(24)12-20(18)23(19(17)11-15,13-21(25)27-5-2)14-22(26)28-6-3/h1,7-12H,5-6,13-14,24H2,2-3H3. The molecule has 0 saturated heterocycles. The fourth-order valence-electron chi connectivity index (χ4n) is 3.96. The lowest BCUT2D eigenvalue weighted by Crippen LogP contribution is -2.33. The second-order valence-corrected chi connectivity index (χ2v) is 6.76. The van der Waals surface area contributed by atoms with Crippen LogP contribution in [0.3, 0.4) is 0 Å². The first-order valence-corrected chi connectivity index (χ1v) is 9.28. The molecule has 0 aromatic heterocycles. The third-order valence-electron chi connectivity index (χ3n) is 5.05. The molecule has 0 atom stereocenters. The number of ether oxygens (including phenoxy) is 2. The first-order valence-electron chi connectivity index (χ1n) is 9.28. The molecule has 0 aliphatic heterocycles. The highest BCUT2D eigenvalue weighted by molar-refractivity contribution is 5.89. The average molecular weight is 377 g/mol. The summed E-state index contributed by atoms with van der Waals surface area (Å²) in [6.45, 7) is 4.02. The van der Waals surface area contributed by atoms with Gasteiger partial charge < -0.3 is 15.2 Å². The number of rotatable bonds is 6. The minimum absolute atomic E-state index is 0.00284.